The van der Waals surface area contributed by atoms with E-state index in [1.807, 2.05) is 0 Å². The minimum Gasteiger partial charge on any atom is -0.476 e. The van der Waals surface area contributed by atoms with E-state index in [1.165, 1.54) is 28.8 Å². The topological polar surface area (TPSA) is 62.2 Å². The molecule has 0 aliphatic rings. The standard InChI is InChI=1S/C11H9FN2O2S/c12-8-3-1-7(2-4-8)5-13-11-14-9(6-17-11)10(15)16/h1-4,6H,5H2,(H,13,14)(H,15,16). The van der Waals surface area contributed by atoms with E-state index in [0.717, 1.165) is 5.56 Å². The zero-order valence-corrected chi connectivity index (χ0v) is 9.50. The molecular formula is C11H9FN2O2S. The number of carboxylic acid groups (broad SMARTS) is 1. The van der Waals surface area contributed by atoms with Crippen LogP contribution in [-0.2, 0) is 6.54 Å². The first-order valence-electron chi connectivity index (χ1n) is 4.82. The lowest BCUT2D eigenvalue weighted by atomic mass is 10.2. The Balaban J connectivity index is 1.97. The molecule has 0 atom stereocenters. The number of aromatic nitrogens is 1. The molecule has 0 amide bonds. The van der Waals surface area contributed by atoms with Crippen LogP contribution in [0, 0.1) is 5.82 Å². The number of anilines is 1. The van der Waals surface area contributed by atoms with Gasteiger partial charge in [0.1, 0.15) is 5.82 Å². The third-order valence-electron chi connectivity index (χ3n) is 2.08. The summed E-state index contributed by atoms with van der Waals surface area (Å²) in [6.07, 6.45) is 0. The molecule has 1 aromatic heterocycles. The monoisotopic (exact) mass is 252 g/mol. The van der Waals surface area contributed by atoms with Gasteiger partial charge in [-0.2, -0.15) is 0 Å². The Morgan fingerprint density at radius 2 is 2.12 bits per heavy atom. The lowest BCUT2D eigenvalue weighted by Gasteiger charge is -2.02. The lowest BCUT2D eigenvalue weighted by Crippen LogP contribution is -2.01. The van der Waals surface area contributed by atoms with E-state index in [-0.39, 0.29) is 11.5 Å². The van der Waals surface area contributed by atoms with E-state index >= 15 is 0 Å². The van der Waals surface area contributed by atoms with Gasteiger partial charge in [0.05, 0.1) is 0 Å². The highest BCUT2D eigenvalue weighted by atomic mass is 32.1. The van der Waals surface area contributed by atoms with Crippen LogP contribution < -0.4 is 5.32 Å². The van der Waals surface area contributed by atoms with Crippen molar-refractivity contribution in [3.05, 3.63) is 46.7 Å². The van der Waals surface area contributed by atoms with Crippen LogP contribution in [0.25, 0.3) is 0 Å². The zero-order chi connectivity index (χ0) is 12.3. The van der Waals surface area contributed by atoms with Crippen molar-refractivity contribution in [2.75, 3.05) is 5.32 Å². The van der Waals surface area contributed by atoms with Crippen LogP contribution in [0.3, 0.4) is 0 Å². The molecule has 0 saturated carbocycles. The Labute approximate surface area is 101 Å². The molecule has 88 valence electrons. The smallest absolute Gasteiger partial charge is 0.355 e. The van der Waals surface area contributed by atoms with Gasteiger partial charge in [-0.25, -0.2) is 14.2 Å². The van der Waals surface area contributed by atoms with Crippen molar-refractivity contribution >= 4 is 22.4 Å². The minimum atomic E-state index is -1.05. The maximum Gasteiger partial charge on any atom is 0.355 e. The van der Waals surface area contributed by atoms with Gasteiger partial charge in [-0.05, 0) is 17.7 Å². The summed E-state index contributed by atoms with van der Waals surface area (Å²) >= 11 is 1.22. The average Bonchev–Trinajstić information content (AvgIpc) is 2.77. The Hall–Kier alpha value is -1.95. The Bertz CT molecular complexity index is 525. The van der Waals surface area contributed by atoms with Crippen LogP contribution in [-0.4, -0.2) is 16.1 Å². The maximum absolute atomic E-state index is 12.6. The van der Waals surface area contributed by atoms with E-state index in [4.69, 9.17) is 5.11 Å². The summed E-state index contributed by atoms with van der Waals surface area (Å²) in [6.45, 7) is 0.479. The lowest BCUT2D eigenvalue weighted by molar-refractivity contribution is 0.0691. The van der Waals surface area contributed by atoms with Gasteiger partial charge in [-0.1, -0.05) is 12.1 Å². The van der Waals surface area contributed by atoms with Crippen molar-refractivity contribution in [2.24, 2.45) is 0 Å². The molecule has 2 rings (SSSR count). The molecular weight excluding hydrogens is 243 g/mol. The predicted octanol–water partition coefficient (Wildman–Crippen LogP) is 2.59. The van der Waals surface area contributed by atoms with Crippen molar-refractivity contribution in [1.82, 2.24) is 4.98 Å². The molecule has 0 radical (unpaired) electrons. The van der Waals surface area contributed by atoms with E-state index < -0.39 is 5.97 Å². The van der Waals surface area contributed by atoms with Crippen molar-refractivity contribution in [3.8, 4) is 0 Å². The molecule has 6 heteroatoms. The molecule has 2 N–H and O–H groups in total. The van der Waals surface area contributed by atoms with Crippen LogP contribution in [0.5, 0.6) is 0 Å². The summed E-state index contributed by atoms with van der Waals surface area (Å²) in [5.41, 5.74) is 0.926. The number of thiazole rings is 1. The molecule has 17 heavy (non-hydrogen) atoms. The van der Waals surface area contributed by atoms with Gasteiger partial charge in [0.2, 0.25) is 0 Å². The van der Waals surface area contributed by atoms with Gasteiger partial charge in [-0.15, -0.1) is 11.3 Å². The van der Waals surface area contributed by atoms with E-state index in [0.29, 0.717) is 11.7 Å². The van der Waals surface area contributed by atoms with E-state index in [9.17, 15) is 9.18 Å². The average molecular weight is 252 g/mol. The molecule has 1 heterocycles. The molecule has 0 spiro atoms. The summed E-state index contributed by atoms with van der Waals surface area (Å²) in [5, 5.41) is 13.7. The van der Waals surface area contributed by atoms with Gasteiger partial charge in [-0.3, -0.25) is 0 Å². The van der Waals surface area contributed by atoms with E-state index in [1.54, 1.807) is 12.1 Å². The number of carbonyl (C=O) groups is 1. The molecule has 0 unspecified atom stereocenters. The fraction of sp³-hybridized carbons (Fsp3) is 0.0909. The number of nitrogens with zero attached hydrogens (tertiary/aromatic N) is 1. The summed E-state index contributed by atoms with van der Waals surface area (Å²) < 4.78 is 12.6. The number of nitrogens with one attached hydrogen (secondary N) is 1. The predicted molar refractivity (Wildman–Crippen MR) is 62.8 cm³/mol. The van der Waals surface area contributed by atoms with Crippen LogP contribution in [0.1, 0.15) is 16.1 Å². The molecule has 0 aliphatic carbocycles. The largest absolute Gasteiger partial charge is 0.476 e. The first kappa shape index (κ1) is 11.5. The zero-order valence-electron chi connectivity index (χ0n) is 8.68. The molecule has 2 aromatic rings. The molecule has 4 nitrogen and oxygen atoms in total. The summed E-state index contributed by atoms with van der Waals surface area (Å²) in [4.78, 5) is 14.5. The third kappa shape index (κ3) is 3.01. The number of halogens is 1. The molecule has 0 saturated heterocycles. The van der Waals surface area contributed by atoms with Gasteiger partial charge >= 0.3 is 5.97 Å². The SMILES string of the molecule is O=C(O)c1csc(NCc2ccc(F)cc2)n1. The quantitative estimate of drug-likeness (QED) is 0.878. The molecule has 0 bridgehead atoms. The number of hydrogen-bond donors (Lipinski definition) is 2. The fourth-order valence-electron chi connectivity index (χ4n) is 1.23. The first-order valence-corrected chi connectivity index (χ1v) is 5.70. The third-order valence-corrected chi connectivity index (χ3v) is 2.88. The van der Waals surface area contributed by atoms with Crippen molar-refractivity contribution < 1.29 is 14.3 Å². The second kappa shape index (κ2) is 4.92. The number of aromatic carboxylic acids is 1. The van der Waals surface area contributed by atoms with E-state index in [2.05, 4.69) is 10.3 Å². The number of hydrogen-bond acceptors (Lipinski definition) is 4. The van der Waals surface area contributed by atoms with Crippen LogP contribution in [0.15, 0.2) is 29.6 Å². The highest BCUT2D eigenvalue weighted by molar-refractivity contribution is 7.13. The van der Waals surface area contributed by atoms with Crippen molar-refractivity contribution in [3.63, 3.8) is 0 Å². The van der Waals surface area contributed by atoms with Crippen LogP contribution in [0.2, 0.25) is 0 Å². The second-order valence-corrected chi connectivity index (χ2v) is 4.18. The molecule has 0 fully saturated rings. The summed E-state index contributed by atoms with van der Waals surface area (Å²) in [7, 11) is 0. The van der Waals surface area contributed by atoms with Gasteiger partial charge in [0.25, 0.3) is 0 Å². The Morgan fingerprint density at radius 1 is 1.41 bits per heavy atom. The number of carboxylic acids is 1. The van der Waals surface area contributed by atoms with Crippen LogP contribution in [0.4, 0.5) is 9.52 Å². The maximum atomic E-state index is 12.6. The highest BCUT2D eigenvalue weighted by Crippen LogP contribution is 2.16. The Morgan fingerprint density at radius 3 is 2.71 bits per heavy atom. The molecule has 0 aliphatic heterocycles. The first-order chi connectivity index (χ1) is 8.15. The van der Waals surface area contributed by atoms with Gasteiger partial charge in [0.15, 0.2) is 10.8 Å². The van der Waals surface area contributed by atoms with Crippen LogP contribution >= 0.6 is 11.3 Å². The minimum absolute atomic E-state index is 0.0246. The number of rotatable bonds is 4. The van der Waals surface area contributed by atoms with Gasteiger partial charge < -0.3 is 10.4 Å². The summed E-state index contributed by atoms with van der Waals surface area (Å²) in [5.74, 6) is -1.33. The van der Waals surface area contributed by atoms with Gasteiger partial charge in [0, 0.05) is 11.9 Å². The summed E-state index contributed by atoms with van der Waals surface area (Å²) in [6, 6.07) is 6.07. The Kier molecular flexibility index (Phi) is 3.34. The second-order valence-electron chi connectivity index (χ2n) is 3.32. The number of benzene rings is 1. The fourth-order valence-corrected chi connectivity index (χ4v) is 1.92. The van der Waals surface area contributed by atoms with Crippen molar-refractivity contribution in [2.45, 2.75) is 6.54 Å². The highest BCUT2D eigenvalue weighted by Gasteiger charge is 2.07. The van der Waals surface area contributed by atoms with Crippen molar-refractivity contribution in [1.29, 1.82) is 0 Å². The molecule has 1 aromatic carbocycles. The normalized spacial score (nSPS) is 10.2.